The zero-order valence-electron chi connectivity index (χ0n) is 11.6. The van der Waals surface area contributed by atoms with Crippen molar-refractivity contribution in [3.05, 3.63) is 64.1 Å². The van der Waals surface area contributed by atoms with Gasteiger partial charge in [0, 0.05) is 23.2 Å². The van der Waals surface area contributed by atoms with Crippen LogP contribution >= 0.6 is 15.9 Å². The number of fused-ring (bicyclic) bond motifs is 1. The normalized spacial score (nSPS) is 16.7. The zero-order chi connectivity index (χ0) is 14.7. The van der Waals surface area contributed by atoms with Crippen LogP contribution in [0.4, 0.5) is 5.69 Å². The third-order valence-electron chi connectivity index (χ3n) is 3.80. The monoisotopic (exact) mass is 344 g/mol. The number of hydrogen-bond donors (Lipinski definition) is 2. The van der Waals surface area contributed by atoms with Crippen LogP contribution in [0.1, 0.15) is 11.1 Å². The first-order valence-corrected chi connectivity index (χ1v) is 7.86. The average Bonchev–Trinajstić information content (AvgIpc) is 2.53. The van der Waals surface area contributed by atoms with E-state index in [2.05, 4.69) is 38.7 Å². The lowest BCUT2D eigenvalue weighted by atomic mass is 9.93. The molecule has 108 valence electrons. The van der Waals surface area contributed by atoms with Gasteiger partial charge in [-0.15, -0.1) is 0 Å². The molecule has 2 N–H and O–H groups in total. The molecule has 0 aliphatic carbocycles. The van der Waals surface area contributed by atoms with Crippen molar-refractivity contribution in [3.63, 3.8) is 0 Å². The topological polar surface area (TPSA) is 41.1 Å². The Morgan fingerprint density at radius 2 is 1.95 bits per heavy atom. The average molecular weight is 345 g/mol. The first kappa shape index (κ1) is 14.1. The molecule has 1 aliphatic heterocycles. The Balaban J connectivity index is 1.61. The molecule has 1 atom stereocenters. The second kappa shape index (κ2) is 6.31. The van der Waals surface area contributed by atoms with Crippen molar-refractivity contribution in [1.29, 1.82) is 0 Å². The highest BCUT2D eigenvalue weighted by Crippen LogP contribution is 2.24. The van der Waals surface area contributed by atoms with Gasteiger partial charge in [0.15, 0.2) is 0 Å². The second-order valence-corrected chi connectivity index (χ2v) is 6.10. The summed E-state index contributed by atoms with van der Waals surface area (Å²) in [5, 5.41) is 6.36. The van der Waals surface area contributed by atoms with Crippen LogP contribution in [-0.4, -0.2) is 12.5 Å². The summed E-state index contributed by atoms with van der Waals surface area (Å²) in [5.41, 5.74) is 3.45. The Bertz CT molecular complexity index is 657. The molecule has 0 saturated carbocycles. The smallest absolute Gasteiger partial charge is 0.225 e. The number of carbonyl (C=O) groups is 1. The maximum atomic E-state index is 12.3. The Morgan fingerprint density at radius 3 is 2.81 bits per heavy atom. The van der Waals surface area contributed by atoms with Crippen LogP contribution in [0, 0.1) is 5.92 Å². The molecule has 1 amide bonds. The highest BCUT2D eigenvalue weighted by Gasteiger charge is 2.23. The van der Waals surface area contributed by atoms with E-state index >= 15 is 0 Å². The van der Waals surface area contributed by atoms with Crippen molar-refractivity contribution in [2.24, 2.45) is 5.92 Å². The van der Waals surface area contributed by atoms with Gasteiger partial charge in [-0.2, -0.15) is 0 Å². The van der Waals surface area contributed by atoms with E-state index in [9.17, 15) is 4.79 Å². The van der Waals surface area contributed by atoms with Gasteiger partial charge in [-0.1, -0.05) is 52.3 Å². The van der Waals surface area contributed by atoms with Crippen molar-refractivity contribution in [1.82, 2.24) is 5.32 Å². The number of para-hydroxylation sites is 1. The van der Waals surface area contributed by atoms with E-state index in [-0.39, 0.29) is 11.8 Å². The zero-order valence-corrected chi connectivity index (χ0v) is 13.2. The Kier molecular flexibility index (Phi) is 4.25. The first-order valence-electron chi connectivity index (χ1n) is 7.07. The summed E-state index contributed by atoms with van der Waals surface area (Å²) in [6, 6.07) is 16.1. The molecule has 1 aliphatic rings. The number of anilines is 1. The molecule has 0 radical (unpaired) electrons. The molecule has 0 saturated heterocycles. The summed E-state index contributed by atoms with van der Waals surface area (Å²) in [6.45, 7) is 1.25. The molecule has 0 fully saturated rings. The Morgan fingerprint density at radius 1 is 1.19 bits per heavy atom. The summed E-state index contributed by atoms with van der Waals surface area (Å²) in [6.07, 6.45) is 0.797. The number of amides is 1. The van der Waals surface area contributed by atoms with Gasteiger partial charge < -0.3 is 10.6 Å². The minimum Gasteiger partial charge on any atom is -0.384 e. The van der Waals surface area contributed by atoms with E-state index in [1.165, 1.54) is 5.56 Å². The quantitative estimate of drug-likeness (QED) is 0.896. The van der Waals surface area contributed by atoms with Gasteiger partial charge in [-0.3, -0.25) is 4.79 Å². The number of halogens is 1. The Hall–Kier alpha value is -1.81. The van der Waals surface area contributed by atoms with E-state index < -0.39 is 0 Å². The molecule has 3 rings (SSSR count). The van der Waals surface area contributed by atoms with Crippen LogP contribution in [0.15, 0.2) is 53.0 Å². The van der Waals surface area contributed by atoms with Crippen molar-refractivity contribution in [2.45, 2.75) is 13.0 Å². The molecule has 21 heavy (non-hydrogen) atoms. The highest BCUT2D eigenvalue weighted by atomic mass is 79.9. The third-order valence-corrected chi connectivity index (χ3v) is 4.58. The molecule has 3 nitrogen and oxygen atoms in total. The van der Waals surface area contributed by atoms with Gasteiger partial charge in [-0.05, 0) is 29.7 Å². The van der Waals surface area contributed by atoms with E-state index in [1.54, 1.807) is 0 Å². The Labute approximate surface area is 132 Å². The van der Waals surface area contributed by atoms with Crippen molar-refractivity contribution in [3.8, 4) is 0 Å². The summed E-state index contributed by atoms with van der Waals surface area (Å²) >= 11 is 3.50. The number of rotatable bonds is 3. The lowest BCUT2D eigenvalue weighted by Gasteiger charge is -2.25. The van der Waals surface area contributed by atoms with Crippen LogP contribution < -0.4 is 10.6 Å². The van der Waals surface area contributed by atoms with Crippen LogP contribution in [0.5, 0.6) is 0 Å². The van der Waals surface area contributed by atoms with E-state index in [0.29, 0.717) is 13.1 Å². The number of hydrogen-bond acceptors (Lipinski definition) is 2. The number of nitrogens with one attached hydrogen (secondary N) is 2. The third kappa shape index (κ3) is 3.27. The molecular formula is C17H17BrN2O. The minimum atomic E-state index is -0.0117. The van der Waals surface area contributed by atoms with Crippen LogP contribution in [0.25, 0.3) is 0 Å². The van der Waals surface area contributed by atoms with Gasteiger partial charge in [0.1, 0.15) is 0 Å². The fourth-order valence-corrected chi connectivity index (χ4v) is 3.02. The van der Waals surface area contributed by atoms with E-state index in [1.807, 2.05) is 36.4 Å². The molecule has 1 heterocycles. The van der Waals surface area contributed by atoms with Gasteiger partial charge in [0.2, 0.25) is 5.91 Å². The van der Waals surface area contributed by atoms with Gasteiger partial charge in [0.05, 0.1) is 5.92 Å². The molecule has 0 spiro atoms. The molecule has 1 unspecified atom stereocenters. The van der Waals surface area contributed by atoms with Crippen LogP contribution in [0.2, 0.25) is 0 Å². The molecule has 0 bridgehead atoms. The predicted molar refractivity (Wildman–Crippen MR) is 88.1 cm³/mol. The molecule has 2 aromatic rings. The molecule has 0 aromatic heterocycles. The van der Waals surface area contributed by atoms with E-state index in [0.717, 1.165) is 22.1 Å². The molecular weight excluding hydrogens is 328 g/mol. The minimum absolute atomic E-state index is 0.0117. The summed E-state index contributed by atoms with van der Waals surface area (Å²) in [7, 11) is 0. The maximum Gasteiger partial charge on any atom is 0.225 e. The summed E-state index contributed by atoms with van der Waals surface area (Å²) in [4.78, 5) is 12.3. The maximum absolute atomic E-state index is 12.3. The van der Waals surface area contributed by atoms with Gasteiger partial charge in [0.25, 0.3) is 0 Å². The van der Waals surface area contributed by atoms with Gasteiger partial charge in [-0.25, -0.2) is 0 Å². The highest BCUT2D eigenvalue weighted by molar-refractivity contribution is 9.10. The molecule has 2 aromatic carbocycles. The fourth-order valence-electron chi connectivity index (χ4n) is 2.60. The van der Waals surface area contributed by atoms with Crippen LogP contribution in [-0.2, 0) is 17.8 Å². The lowest BCUT2D eigenvalue weighted by molar-refractivity contribution is -0.124. The first-order chi connectivity index (χ1) is 10.2. The van der Waals surface area contributed by atoms with E-state index in [4.69, 9.17) is 0 Å². The van der Waals surface area contributed by atoms with Crippen molar-refractivity contribution in [2.75, 3.05) is 11.9 Å². The predicted octanol–water partition coefficient (Wildman–Crippen LogP) is 3.35. The van der Waals surface area contributed by atoms with Gasteiger partial charge >= 0.3 is 0 Å². The standard InChI is InChI=1S/C17H17BrN2O/c18-15-7-3-1-6-13(15)10-20-17(21)14-9-12-5-2-4-8-16(12)19-11-14/h1-8,14,19H,9-11H2,(H,20,21). The molecule has 4 heteroatoms. The second-order valence-electron chi connectivity index (χ2n) is 5.25. The number of carbonyl (C=O) groups excluding carboxylic acids is 1. The number of benzene rings is 2. The van der Waals surface area contributed by atoms with Crippen molar-refractivity contribution >= 4 is 27.5 Å². The summed E-state index contributed by atoms with van der Waals surface area (Å²) < 4.78 is 1.03. The fraction of sp³-hybridized carbons (Fsp3) is 0.235. The van der Waals surface area contributed by atoms with Crippen LogP contribution in [0.3, 0.4) is 0 Å². The largest absolute Gasteiger partial charge is 0.384 e. The SMILES string of the molecule is O=C(NCc1ccccc1Br)C1CNc2ccccc2C1. The lowest BCUT2D eigenvalue weighted by Crippen LogP contribution is -2.37. The van der Waals surface area contributed by atoms with Crippen molar-refractivity contribution < 1.29 is 4.79 Å². The summed E-state index contributed by atoms with van der Waals surface area (Å²) in [5.74, 6) is 0.0927.